The van der Waals surface area contributed by atoms with E-state index < -0.39 is 18.1 Å². The molecule has 0 unspecified atom stereocenters. The number of rotatable bonds is 1. The van der Waals surface area contributed by atoms with Crippen LogP contribution in [-0.4, -0.2) is 39.2 Å². The van der Waals surface area contributed by atoms with Crippen molar-refractivity contribution in [2.75, 3.05) is 7.11 Å². The van der Waals surface area contributed by atoms with Crippen molar-refractivity contribution in [2.24, 2.45) is 5.16 Å². The molecule has 3 atom stereocenters. The molecule has 0 saturated carbocycles. The summed E-state index contributed by atoms with van der Waals surface area (Å²) in [5.41, 5.74) is 5.24. The largest absolute Gasteiger partial charge is 0.411 e. The summed E-state index contributed by atoms with van der Waals surface area (Å²) in [7, 11) is 1.62. The molecule has 8 heteroatoms. The number of fused-ring (bicyclic) bond motifs is 13. The van der Waals surface area contributed by atoms with Crippen molar-refractivity contribution in [2.45, 2.75) is 37.9 Å². The van der Waals surface area contributed by atoms with Gasteiger partial charge in [-0.3, -0.25) is 4.79 Å². The first-order valence-electron chi connectivity index (χ1n) is 11.8. The zero-order valence-corrected chi connectivity index (χ0v) is 19.2. The number of methoxy groups -OCH3 is 1. The van der Waals surface area contributed by atoms with Crippen LogP contribution in [0.25, 0.3) is 43.6 Å². The third-order valence-corrected chi connectivity index (χ3v) is 8.16. The average Bonchev–Trinajstić information content (AvgIpc) is 3.51. The number of para-hydroxylation sites is 2. The third kappa shape index (κ3) is 2.04. The van der Waals surface area contributed by atoms with Gasteiger partial charge in [-0.2, -0.15) is 0 Å². The second-order valence-corrected chi connectivity index (χ2v) is 9.76. The fourth-order valence-electron chi connectivity index (χ4n) is 6.98. The predicted octanol–water partition coefficient (Wildman–Crippen LogP) is 4.60. The number of benzene rings is 3. The SMILES string of the molecule is CO[C@@H]1/C(=N\O)C[C@H]2O[C@]1(C)n1c3ccccc3c3c4c(c5c6ccccc6n2c5c31)C(=O)NC4. The quantitative estimate of drug-likeness (QED) is 0.279. The van der Waals surface area contributed by atoms with Crippen LogP contribution in [0.2, 0.25) is 0 Å². The minimum atomic E-state index is -0.988. The van der Waals surface area contributed by atoms with Crippen LogP contribution in [0, 0.1) is 0 Å². The first-order chi connectivity index (χ1) is 17.1. The van der Waals surface area contributed by atoms with E-state index in [2.05, 4.69) is 43.9 Å². The number of hydrogen-bond donors (Lipinski definition) is 2. The van der Waals surface area contributed by atoms with Gasteiger partial charge in [-0.15, -0.1) is 0 Å². The summed E-state index contributed by atoms with van der Waals surface area (Å²) in [6.07, 6.45) is -0.669. The second-order valence-electron chi connectivity index (χ2n) is 9.76. The standard InChI is InChI=1S/C27H22N4O4/c1-27-25(34-2)16(29-33)11-19(35-27)30-17-9-5-3-7-13(17)21-22-15(12-28-26(22)32)20-14-8-4-6-10-18(14)31(27)24(20)23(21)30/h3-10,19,25,33H,11-12H2,1-2H3,(H,28,32)/b29-16-/t19-,25-,27+/m1/s1. The maximum absolute atomic E-state index is 13.3. The molecule has 174 valence electrons. The Morgan fingerprint density at radius 3 is 2.54 bits per heavy atom. The van der Waals surface area contributed by atoms with E-state index in [9.17, 15) is 10.0 Å². The molecule has 0 aliphatic carbocycles. The van der Waals surface area contributed by atoms with E-state index in [1.165, 1.54) is 0 Å². The summed E-state index contributed by atoms with van der Waals surface area (Å²) in [6.45, 7) is 2.48. The fraction of sp³-hybridized carbons (Fsp3) is 0.259. The van der Waals surface area contributed by atoms with E-state index in [0.717, 1.165) is 54.7 Å². The van der Waals surface area contributed by atoms with Gasteiger partial charge in [0.1, 0.15) is 12.3 Å². The number of ether oxygens (including phenoxy) is 2. The van der Waals surface area contributed by atoms with E-state index in [-0.39, 0.29) is 5.91 Å². The van der Waals surface area contributed by atoms with E-state index >= 15 is 0 Å². The van der Waals surface area contributed by atoms with Gasteiger partial charge in [0.15, 0.2) is 5.72 Å². The Balaban J connectivity index is 1.74. The number of carbonyl (C=O) groups is 1. The highest BCUT2D eigenvalue weighted by Gasteiger charge is 2.52. The molecule has 3 aliphatic heterocycles. The lowest BCUT2D eigenvalue weighted by molar-refractivity contribution is -0.211. The number of carbonyl (C=O) groups excluding carboxylic acids is 1. The van der Waals surface area contributed by atoms with Crippen molar-refractivity contribution < 1.29 is 19.5 Å². The number of hydrogen-bond acceptors (Lipinski definition) is 5. The van der Waals surface area contributed by atoms with Crippen molar-refractivity contribution in [1.29, 1.82) is 0 Å². The first kappa shape index (κ1) is 19.4. The number of amides is 1. The normalized spacial score (nSPS) is 26.3. The van der Waals surface area contributed by atoms with Crippen LogP contribution in [0.1, 0.15) is 35.5 Å². The molecular weight excluding hydrogens is 444 g/mol. The molecular formula is C27H22N4O4. The maximum Gasteiger partial charge on any atom is 0.252 e. The Bertz CT molecular complexity index is 1810. The highest BCUT2D eigenvalue weighted by molar-refractivity contribution is 6.31. The van der Waals surface area contributed by atoms with Crippen molar-refractivity contribution in [3.63, 3.8) is 0 Å². The van der Waals surface area contributed by atoms with Crippen molar-refractivity contribution in [1.82, 2.24) is 14.5 Å². The van der Waals surface area contributed by atoms with E-state index in [1.54, 1.807) is 7.11 Å². The highest BCUT2D eigenvalue weighted by atomic mass is 16.6. The van der Waals surface area contributed by atoms with Gasteiger partial charge in [-0.25, -0.2) is 0 Å². The fourth-order valence-corrected chi connectivity index (χ4v) is 6.98. The third-order valence-electron chi connectivity index (χ3n) is 8.16. The topological polar surface area (TPSA) is 90.0 Å². The summed E-state index contributed by atoms with van der Waals surface area (Å²) in [4.78, 5) is 13.3. The van der Waals surface area contributed by atoms with Crippen molar-refractivity contribution in [3.05, 3.63) is 59.7 Å². The summed E-state index contributed by atoms with van der Waals surface area (Å²) in [6, 6.07) is 16.4. The van der Waals surface area contributed by atoms with Gasteiger partial charge < -0.3 is 29.1 Å². The molecule has 2 bridgehead atoms. The molecule has 1 amide bonds. The van der Waals surface area contributed by atoms with Gasteiger partial charge in [0, 0.05) is 41.6 Å². The van der Waals surface area contributed by atoms with Gasteiger partial charge in [-0.1, -0.05) is 41.6 Å². The van der Waals surface area contributed by atoms with Gasteiger partial charge in [-0.05, 0) is 24.6 Å². The van der Waals surface area contributed by atoms with Gasteiger partial charge >= 0.3 is 0 Å². The van der Waals surface area contributed by atoms with Crippen LogP contribution >= 0.6 is 0 Å². The van der Waals surface area contributed by atoms with Crippen LogP contribution in [0.15, 0.2) is 53.7 Å². The molecule has 1 saturated heterocycles. The van der Waals surface area contributed by atoms with Crippen LogP contribution < -0.4 is 5.32 Å². The Labute approximate surface area is 199 Å². The van der Waals surface area contributed by atoms with Crippen molar-refractivity contribution in [3.8, 4) is 0 Å². The molecule has 3 aromatic carbocycles. The van der Waals surface area contributed by atoms with Crippen LogP contribution in [0.5, 0.6) is 0 Å². The van der Waals surface area contributed by atoms with Crippen LogP contribution in [0.4, 0.5) is 0 Å². The minimum absolute atomic E-state index is 0.0478. The lowest BCUT2D eigenvalue weighted by atomic mass is 9.95. The number of oxime groups is 1. The van der Waals surface area contributed by atoms with Gasteiger partial charge in [0.25, 0.3) is 5.91 Å². The number of nitrogens with one attached hydrogen (secondary N) is 1. The smallest absolute Gasteiger partial charge is 0.252 e. The monoisotopic (exact) mass is 466 g/mol. The molecule has 2 aromatic heterocycles. The number of nitrogens with zero attached hydrogens (tertiary/aromatic N) is 3. The molecule has 0 spiro atoms. The zero-order chi connectivity index (χ0) is 23.6. The van der Waals surface area contributed by atoms with Crippen LogP contribution in [-0.2, 0) is 21.7 Å². The van der Waals surface area contributed by atoms with E-state index in [4.69, 9.17) is 9.47 Å². The Morgan fingerprint density at radius 2 is 1.80 bits per heavy atom. The Kier molecular flexibility index (Phi) is 3.45. The van der Waals surface area contributed by atoms with Gasteiger partial charge in [0.05, 0.1) is 33.3 Å². The molecule has 8 nitrogen and oxygen atoms in total. The molecule has 5 aromatic rings. The summed E-state index contributed by atoms with van der Waals surface area (Å²) < 4.78 is 17.3. The molecule has 2 N–H and O–H groups in total. The summed E-state index contributed by atoms with van der Waals surface area (Å²) in [5.74, 6) is -0.0478. The Hall–Kier alpha value is -3.88. The second kappa shape index (κ2) is 6.21. The molecule has 5 heterocycles. The van der Waals surface area contributed by atoms with Crippen molar-refractivity contribution >= 4 is 55.2 Å². The molecule has 1 fully saturated rings. The number of aromatic nitrogens is 2. The average molecular weight is 466 g/mol. The molecule has 0 radical (unpaired) electrons. The molecule has 3 aliphatic rings. The first-order valence-corrected chi connectivity index (χ1v) is 11.8. The Morgan fingerprint density at radius 1 is 1.09 bits per heavy atom. The molecule has 35 heavy (non-hydrogen) atoms. The van der Waals surface area contributed by atoms with Gasteiger partial charge in [0.2, 0.25) is 0 Å². The summed E-state index contributed by atoms with van der Waals surface area (Å²) in [5, 5.41) is 20.9. The highest BCUT2D eigenvalue weighted by Crippen LogP contribution is 2.53. The van der Waals surface area contributed by atoms with E-state index in [1.807, 2.05) is 31.2 Å². The zero-order valence-electron chi connectivity index (χ0n) is 19.2. The van der Waals surface area contributed by atoms with E-state index in [0.29, 0.717) is 18.7 Å². The molecule has 8 rings (SSSR count). The lowest BCUT2D eigenvalue weighted by Gasteiger charge is -2.44. The lowest BCUT2D eigenvalue weighted by Crippen LogP contribution is -2.54. The maximum atomic E-state index is 13.3. The van der Waals surface area contributed by atoms with Crippen LogP contribution in [0.3, 0.4) is 0 Å². The predicted molar refractivity (Wildman–Crippen MR) is 132 cm³/mol. The minimum Gasteiger partial charge on any atom is -0.411 e. The summed E-state index contributed by atoms with van der Waals surface area (Å²) >= 11 is 0.